The number of hydrogen-bond donors (Lipinski definition) is 9. The van der Waals surface area contributed by atoms with Gasteiger partial charge in [0.05, 0.1) is 19.3 Å². The molecule has 12 heterocycles. The maximum absolute atomic E-state index is 14.0. The van der Waals surface area contributed by atoms with Crippen molar-refractivity contribution < 1.29 is 57.5 Å². The molecule has 7 aromatic carbocycles. The number of carbonyl (C=O) groups is 12. The summed E-state index contributed by atoms with van der Waals surface area (Å²) >= 11 is 0. The lowest BCUT2D eigenvalue weighted by Gasteiger charge is -2.41. The molecule has 9 fully saturated rings. The van der Waals surface area contributed by atoms with Crippen molar-refractivity contribution >= 4 is 100 Å². The standard InChI is InChI=1S/C40H49N7O4.C35H47N7O4.C34H45N7O4/c48-37(45-23-19-34(20-24-45)47-28-31-11-5-6-12-35(31)43-40(47)51)27-36(38(49)46-25-17-33(18-26-46)44-21-7-2-8-22-44)42-39(50)41-32-15-13-30(14-16-32)29-9-3-1-4-10-29;43-32(40-19-15-29(16-20-40)42-25-27-11-5-6-12-30(27)38-35(42)46)23-31(37-34(45)36-24-26-9-3-1-4-10-26)33(44)41-21-13-28(14-22-41)39-17-7-2-8-18-39;42-31(39-19-15-28(16-20-39)41-24-25-9-5-6-12-29(25)37-34(41)45)23-30(36-33(44)35-26-10-3-1-4-11-26)32(43)40-21-13-27(14-22-40)38-17-7-2-8-18-38/h1,3-6,9-16,33-34,36H,2,7-8,17-28H2,(H,43,51)(H2,41,42,50);1,3-6,9-12,28-29,31H,2,7-8,13-25H2,(H,38,46)(H2,36,37,45);1,3-6,9-12,27-28,30H,2,7-8,13-24H2,(H,37,45)(H2,35,36,44)/t36-;31-;30-/m010/s1. The summed E-state index contributed by atoms with van der Waals surface area (Å²) in [5.74, 6) is -1.11. The SMILES string of the molecule is O=C(NCc1ccccc1)N[C@H](CC(=O)N1CCC(N2Cc3ccccc3NC2=O)CC1)C(=O)N1CCC(N2CCCCC2)CC1.O=C(Nc1ccc(-c2ccccc2)cc1)N[C@@H](CC(=O)N1CCC(N2Cc3ccccc3NC2=O)CC1)C(=O)N1CCC(N2CCCCC2)CC1.O=C(Nc1ccccc1)N[C@@H](CC(=O)N1CCC(N2Cc3ccccc3NC2=O)CC1)C(=O)N1CCC(N2CCCCC2)CC1. The van der Waals surface area contributed by atoms with Gasteiger partial charge in [-0.3, -0.25) is 28.8 Å². The van der Waals surface area contributed by atoms with Crippen LogP contribution in [0.2, 0.25) is 0 Å². The number of likely N-dealkylation sites (tertiary alicyclic amines) is 9. The minimum absolute atomic E-state index is 0.0122. The first kappa shape index (κ1) is 100. The second-order valence-corrected chi connectivity index (χ2v) is 40.0. The second-order valence-electron chi connectivity index (χ2n) is 40.0. The largest absolute Gasteiger partial charge is 0.342 e. The maximum Gasteiger partial charge on any atom is 0.322 e. The van der Waals surface area contributed by atoms with Crippen LogP contribution in [0.25, 0.3) is 11.1 Å². The number of nitrogens with zero attached hydrogens (tertiary/aromatic N) is 12. The first-order valence-electron chi connectivity index (χ1n) is 52.1. The summed E-state index contributed by atoms with van der Waals surface area (Å²) in [5, 5.41) is 26.0. The summed E-state index contributed by atoms with van der Waals surface area (Å²) in [7, 11) is 0. The minimum atomic E-state index is -0.991. The van der Waals surface area contributed by atoms with Crippen molar-refractivity contribution in [3.63, 3.8) is 0 Å². The number of para-hydroxylation sites is 4. The van der Waals surface area contributed by atoms with Crippen LogP contribution < -0.4 is 47.9 Å². The normalized spacial score (nSPS) is 20.2. The fourth-order valence-corrected chi connectivity index (χ4v) is 22.7. The van der Waals surface area contributed by atoms with Crippen molar-refractivity contribution in [3.8, 4) is 11.1 Å². The highest BCUT2D eigenvalue weighted by molar-refractivity contribution is 5.99. The molecule has 0 spiro atoms. The quantitative estimate of drug-likeness (QED) is 0.0287. The number of piperidine rings is 9. The van der Waals surface area contributed by atoms with Gasteiger partial charge in [0, 0.05) is 169 Å². The zero-order chi connectivity index (χ0) is 98.2. The number of benzene rings is 7. The molecule has 9 N–H and O–H groups in total. The van der Waals surface area contributed by atoms with Crippen LogP contribution in [-0.4, -0.2) is 303 Å². The van der Waals surface area contributed by atoms with Gasteiger partial charge in [0.1, 0.15) is 18.1 Å². The van der Waals surface area contributed by atoms with Gasteiger partial charge in [-0.1, -0.05) is 165 Å². The third kappa shape index (κ3) is 26.6. The molecule has 12 aliphatic heterocycles. The van der Waals surface area contributed by atoms with Gasteiger partial charge in [-0.05, 0) is 231 Å². The third-order valence-electron chi connectivity index (χ3n) is 30.9. The Morgan fingerprint density at radius 2 is 0.542 bits per heavy atom. The van der Waals surface area contributed by atoms with Gasteiger partial charge in [-0.25, -0.2) is 28.8 Å². The first-order chi connectivity index (χ1) is 69.3. The predicted octanol–water partition coefficient (Wildman–Crippen LogP) is 13.6. The van der Waals surface area contributed by atoms with E-state index < -0.39 is 36.2 Å². The van der Waals surface area contributed by atoms with E-state index in [4.69, 9.17) is 0 Å². The van der Waals surface area contributed by atoms with Crippen LogP contribution in [0, 0.1) is 0 Å². The van der Waals surface area contributed by atoms with E-state index in [0.717, 1.165) is 128 Å². The lowest BCUT2D eigenvalue weighted by Crippen LogP contribution is -2.56. The van der Waals surface area contributed by atoms with E-state index in [1.165, 1.54) is 57.8 Å². The van der Waals surface area contributed by atoms with Crippen LogP contribution >= 0.6 is 0 Å². The smallest absolute Gasteiger partial charge is 0.322 e. The molecule has 0 radical (unpaired) electrons. The van der Waals surface area contributed by atoms with Crippen LogP contribution in [0.3, 0.4) is 0 Å². The van der Waals surface area contributed by atoms with Crippen molar-refractivity contribution in [1.82, 2.24) is 80.1 Å². The van der Waals surface area contributed by atoms with Gasteiger partial charge >= 0.3 is 36.2 Å². The van der Waals surface area contributed by atoms with Crippen LogP contribution in [-0.2, 0) is 54.9 Å². The average Bonchev–Trinajstić information content (AvgIpc) is 0.797. The average molecular weight is 1940 g/mol. The Balaban J connectivity index is 0.000000147. The molecule has 0 bridgehead atoms. The van der Waals surface area contributed by atoms with Crippen LogP contribution in [0.1, 0.15) is 176 Å². The number of anilines is 5. The van der Waals surface area contributed by atoms with Crippen molar-refractivity contribution in [2.75, 3.05) is 144 Å². The molecule has 19 rings (SSSR count). The number of carbonyl (C=O) groups excluding carboxylic acids is 12. The molecule has 18 amide bonds. The van der Waals surface area contributed by atoms with Gasteiger partial charge in [-0.2, -0.15) is 0 Å². The molecule has 9 saturated heterocycles. The molecule has 142 heavy (non-hydrogen) atoms. The molecule has 12 aliphatic rings. The fraction of sp³-hybridized carbons (Fsp3) is 0.505. The van der Waals surface area contributed by atoms with Crippen LogP contribution in [0.4, 0.5) is 57.2 Å². The zero-order valence-electron chi connectivity index (χ0n) is 81.9. The molecule has 0 saturated carbocycles. The summed E-state index contributed by atoms with van der Waals surface area (Å²) in [5.41, 5.74) is 10.1. The van der Waals surface area contributed by atoms with Gasteiger partial charge in [-0.15, -0.1) is 0 Å². The zero-order valence-corrected chi connectivity index (χ0v) is 81.9. The number of nitrogens with one attached hydrogen (secondary N) is 9. The van der Waals surface area contributed by atoms with E-state index in [2.05, 4.69) is 62.6 Å². The van der Waals surface area contributed by atoms with Crippen molar-refractivity contribution in [1.29, 1.82) is 0 Å². The van der Waals surface area contributed by atoms with Crippen molar-refractivity contribution in [2.24, 2.45) is 0 Å². The number of amides is 18. The van der Waals surface area contributed by atoms with Crippen LogP contribution in [0.15, 0.2) is 188 Å². The van der Waals surface area contributed by atoms with E-state index in [0.29, 0.717) is 173 Å². The number of rotatable bonds is 23. The lowest BCUT2D eigenvalue weighted by molar-refractivity contribution is -0.140. The summed E-state index contributed by atoms with van der Waals surface area (Å²) in [6.45, 7) is 15.4. The van der Waals surface area contributed by atoms with Crippen molar-refractivity contribution in [3.05, 3.63) is 210 Å². The van der Waals surface area contributed by atoms with Gasteiger partial charge in [0.15, 0.2) is 0 Å². The fourth-order valence-electron chi connectivity index (χ4n) is 22.7. The van der Waals surface area contributed by atoms with E-state index in [9.17, 15) is 57.5 Å². The Bertz CT molecular complexity index is 5450. The highest BCUT2D eigenvalue weighted by atomic mass is 16.2. The van der Waals surface area contributed by atoms with E-state index >= 15 is 0 Å². The molecular weight excluding hydrogens is 1800 g/mol. The Hall–Kier alpha value is -13.1. The topological polar surface area (TPSA) is 352 Å². The highest BCUT2D eigenvalue weighted by Gasteiger charge is 2.43. The predicted molar refractivity (Wildman–Crippen MR) is 547 cm³/mol. The molecule has 0 aliphatic carbocycles. The molecule has 33 nitrogen and oxygen atoms in total. The third-order valence-corrected chi connectivity index (χ3v) is 30.9. The minimum Gasteiger partial charge on any atom is -0.342 e. The van der Waals surface area contributed by atoms with E-state index in [1.807, 2.05) is 205 Å². The number of urea groups is 6. The Labute approximate surface area is 833 Å². The molecule has 0 unspecified atom stereocenters. The molecule has 0 aromatic heterocycles. The van der Waals surface area contributed by atoms with Gasteiger partial charge in [0.2, 0.25) is 35.4 Å². The molecule has 3 atom stereocenters. The number of fused-ring (bicyclic) bond motifs is 3. The number of hydrogen-bond acceptors (Lipinski definition) is 15. The second kappa shape index (κ2) is 49.0. The monoisotopic (exact) mass is 1940 g/mol. The lowest BCUT2D eigenvalue weighted by atomic mass is 9.98. The molecule has 7 aromatic rings. The summed E-state index contributed by atoms with van der Waals surface area (Å²) < 4.78 is 0. The molecular formula is C109H141N21O12. The van der Waals surface area contributed by atoms with E-state index in [-0.39, 0.29) is 90.9 Å². The first-order valence-corrected chi connectivity index (χ1v) is 52.1. The Morgan fingerprint density at radius 1 is 0.275 bits per heavy atom. The van der Waals surface area contributed by atoms with E-state index in [1.54, 1.807) is 26.8 Å². The van der Waals surface area contributed by atoms with Crippen LogP contribution in [0.5, 0.6) is 0 Å². The Kier molecular flexibility index (Phi) is 34.7. The maximum atomic E-state index is 14.0. The molecule has 33 heteroatoms. The summed E-state index contributed by atoms with van der Waals surface area (Å²) in [4.78, 5) is 185. The molecule has 754 valence electrons. The van der Waals surface area contributed by atoms with Crippen molar-refractivity contribution in [2.45, 2.75) is 235 Å². The summed E-state index contributed by atoms with van der Waals surface area (Å²) in [6, 6.07) is 56.5. The Morgan fingerprint density at radius 3 is 0.873 bits per heavy atom. The summed E-state index contributed by atoms with van der Waals surface area (Å²) in [6.07, 6.45) is 20.3. The van der Waals surface area contributed by atoms with Gasteiger partial charge in [0.25, 0.3) is 0 Å². The van der Waals surface area contributed by atoms with Gasteiger partial charge < -0.3 is 107 Å². The highest BCUT2D eigenvalue weighted by Crippen LogP contribution is 2.35.